The van der Waals surface area contributed by atoms with Crippen LogP contribution in [0.1, 0.15) is 27.7 Å². The molecular formula is C13H16Cl4OS. The molecule has 0 aromatic heterocycles. The second kappa shape index (κ2) is 6.53. The molecular weight excluding hydrogens is 346 g/mol. The molecule has 108 valence electrons. The molecule has 1 aromatic carbocycles. The van der Waals surface area contributed by atoms with Crippen molar-refractivity contribution in [2.75, 3.05) is 5.75 Å². The van der Waals surface area contributed by atoms with Crippen molar-refractivity contribution in [2.45, 2.75) is 32.6 Å². The van der Waals surface area contributed by atoms with Gasteiger partial charge in [0.05, 0.1) is 10.0 Å². The third-order valence-electron chi connectivity index (χ3n) is 3.35. The van der Waals surface area contributed by atoms with E-state index in [2.05, 4.69) is 27.7 Å². The summed E-state index contributed by atoms with van der Waals surface area (Å²) >= 11 is 25.6. The van der Waals surface area contributed by atoms with Gasteiger partial charge in [0.15, 0.2) is 5.75 Å². The van der Waals surface area contributed by atoms with E-state index in [4.69, 9.17) is 46.4 Å². The monoisotopic (exact) mass is 360 g/mol. The van der Waals surface area contributed by atoms with Gasteiger partial charge in [-0.25, -0.2) is 0 Å². The van der Waals surface area contributed by atoms with E-state index in [1.165, 1.54) is 11.8 Å². The molecule has 0 unspecified atom stereocenters. The molecule has 0 amide bonds. The quantitative estimate of drug-likeness (QED) is 0.471. The van der Waals surface area contributed by atoms with Crippen molar-refractivity contribution in [3.05, 3.63) is 20.1 Å². The van der Waals surface area contributed by atoms with Crippen molar-refractivity contribution >= 4 is 58.2 Å². The van der Waals surface area contributed by atoms with Crippen molar-refractivity contribution < 1.29 is 5.11 Å². The lowest BCUT2D eigenvalue weighted by atomic mass is 9.83. The lowest BCUT2D eigenvalue weighted by Crippen LogP contribution is -2.21. The van der Waals surface area contributed by atoms with Crippen LogP contribution in [-0.4, -0.2) is 10.9 Å². The van der Waals surface area contributed by atoms with E-state index >= 15 is 0 Å². The van der Waals surface area contributed by atoms with E-state index in [1.54, 1.807) is 0 Å². The van der Waals surface area contributed by atoms with Crippen LogP contribution in [0.4, 0.5) is 0 Å². The zero-order valence-corrected chi connectivity index (χ0v) is 15.0. The Morgan fingerprint density at radius 2 is 1.42 bits per heavy atom. The Bertz CT molecular complexity index is 457. The van der Waals surface area contributed by atoms with E-state index in [1.807, 2.05) is 0 Å². The Kier molecular flexibility index (Phi) is 6.04. The highest BCUT2D eigenvalue weighted by atomic mass is 35.5. The third-order valence-corrected chi connectivity index (χ3v) is 6.85. The molecule has 1 aromatic rings. The van der Waals surface area contributed by atoms with Gasteiger partial charge in [-0.15, -0.1) is 11.8 Å². The number of phenols is 1. The molecule has 0 saturated heterocycles. The molecule has 0 spiro atoms. The topological polar surface area (TPSA) is 20.2 Å². The number of phenolic OH excluding ortho intramolecular Hbond substituents is 1. The molecule has 1 nitrogen and oxygen atoms in total. The summed E-state index contributed by atoms with van der Waals surface area (Å²) in [5, 5.41) is 10.2. The van der Waals surface area contributed by atoms with Gasteiger partial charge in [0.2, 0.25) is 0 Å². The minimum atomic E-state index is -0.272. The average Bonchev–Trinajstić information content (AvgIpc) is 2.33. The van der Waals surface area contributed by atoms with E-state index in [-0.39, 0.29) is 31.3 Å². The summed E-state index contributed by atoms with van der Waals surface area (Å²) in [6.45, 7) is 8.69. The van der Waals surface area contributed by atoms with Gasteiger partial charge in [-0.05, 0) is 11.3 Å². The molecule has 19 heavy (non-hydrogen) atoms. The van der Waals surface area contributed by atoms with Gasteiger partial charge >= 0.3 is 0 Å². The van der Waals surface area contributed by atoms with Crippen LogP contribution >= 0.6 is 58.2 Å². The molecule has 1 rings (SSSR count). The van der Waals surface area contributed by atoms with Gasteiger partial charge in [-0.3, -0.25) is 0 Å². The van der Waals surface area contributed by atoms with E-state index in [9.17, 15) is 5.11 Å². The van der Waals surface area contributed by atoms with E-state index < -0.39 is 0 Å². The fourth-order valence-electron chi connectivity index (χ4n) is 1.15. The SMILES string of the molecule is CC(C)C(C)(C)CSc1c(Cl)c(Cl)c(O)c(Cl)c1Cl. The molecule has 0 bridgehead atoms. The molecule has 0 aliphatic carbocycles. The summed E-state index contributed by atoms with van der Waals surface area (Å²) in [4.78, 5) is 0.616. The summed E-state index contributed by atoms with van der Waals surface area (Å²) in [5.41, 5.74) is 0.119. The first-order chi connectivity index (χ1) is 8.59. The van der Waals surface area contributed by atoms with Gasteiger partial charge in [-0.1, -0.05) is 74.1 Å². The molecule has 0 atom stereocenters. The van der Waals surface area contributed by atoms with Crippen LogP contribution in [0.15, 0.2) is 4.90 Å². The highest BCUT2D eigenvalue weighted by molar-refractivity contribution is 7.99. The predicted octanol–water partition coefficient (Wildman–Crippen LogP) is 6.78. The third kappa shape index (κ3) is 3.79. The Morgan fingerprint density at radius 3 is 1.79 bits per heavy atom. The fourth-order valence-corrected chi connectivity index (χ4v) is 3.74. The zero-order valence-electron chi connectivity index (χ0n) is 11.2. The Hall–Kier alpha value is 0.530. The number of halogens is 4. The summed E-state index contributed by atoms with van der Waals surface area (Å²) in [7, 11) is 0. The molecule has 6 heteroatoms. The van der Waals surface area contributed by atoms with Crippen LogP contribution in [0.25, 0.3) is 0 Å². The van der Waals surface area contributed by atoms with Crippen molar-refractivity contribution in [1.82, 2.24) is 0 Å². The summed E-state index contributed by atoms with van der Waals surface area (Å²) in [5.74, 6) is 1.06. The summed E-state index contributed by atoms with van der Waals surface area (Å²) < 4.78 is 0. The van der Waals surface area contributed by atoms with Gasteiger partial charge in [0.1, 0.15) is 10.0 Å². The summed E-state index contributed by atoms with van der Waals surface area (Å²) in [6, 6.07) is 0. The Labute approximate surface area is 138 Å². The molecule has 0 aliphatic heterocycles. The first-order valence-electron chi connectivity index (χ1n) is 5.77. The van der Waals surface area contributed by atoms with Crippen LogP contribution in [-0.2, 0) is 0 Å². The maximum absolute atomic E-state index is 9.67. The average molecular weight is 362 g/mol. The largest absolute Gasteiger partial charge is 0.505 e. The number of hydrogen-bond acceptors (Lipinski definition) is 2. The Morgan fingerprint density at radius 1 is 1.00 bits per heavy atom. The molecule has 0 aliphatic rings. The molecule has 0 radical (unpaired) electrons. The van der Waals surface area contributed by atoms with Gasteiger partial charge < -0.3 is 5.11 Å². The first-order valence-corrected chi connectivity index (χ1v) is 8.27. The number of aromatic hydroxyl groups is 1. The van der Waals surface area contributed by atoms with Crippen LogP contribution < -0.4 is 0 Å². The van der Waals surface area contributed by atoms with E-state index in [0.29, 0.717) is 10.8 Å². The highest BCUT2D eigenvalue weighted by Crippen LogP contribution is 2.50. The van der Waals surface area contributed by atoms with Crippen LogP contribution in [0, 0.1) is 11.3 Å². The van der Waals surface area contributed by atoms with Crippen LogP contribution in [0.5, 0.6) is 5.75 Å². The van der Waals surface area contributed by atoms with Crippen molar-refractivity contribution in [1.29, 1.82) is 0 Å². The number of thioether (sulfide) groups is 1. The molecule has 0 saturated carbocycles. The highest BCUT2D eigenvalue weighted by Gasteiger charge is 2.26. The smallest absolute Gasteiger partial charge is 0.155 e. The normalized spacial score (nSPS) is 12.3. The molecule has 1 N–H and O–H groups in total. The number of rotatable bonds is 4. The van der Waals surface area contributed by atoms with Crippen LogP contribution in [0.3, 0.4) is 0 Å². The lowest BCUT2D eigenvalue weighted by molar-refractivity contribution is 0.291. The van der Waals surface area contributed by atoms with Crippen LogP contribution in [0.2, 0.25) is 20.1 Å². The standard InChI is InChI=1S/C13H16Cl4OS/c1-6(2)13(3,4)5-19-12-9(16)7(14)11(18)8(15)10(12)17/h6,18H,5H2,1-4H3. The van der Waals surface area contributed by atoms with Crippen molar-refractivity contribution in [3.63, 3.8) is 0 Å². The Balaban J connectivity index is 3.10. The van der Waals surface area contributed by atoms with E-state index in [0.717, 1.165) is 5.75 Å². The fraction of sp³-hybridized carbons (Fsp3) is 0.538. The second-order valence-electron chi connectivity index (χ2n) is 5.37. The minimum Gasteiger partial charge on any atom is -0.505 e. The minimum absolute atomic E-state index is 0.0425. The lowest BCUT2D eigenvalue weighted by Gasteiger charge is -2.29. The maximum atomic E-state index is 9.67. The zero-order chi connectivity index (χ0) is 15.0. The van der Waals surface area contributed by atoms with Crippen molar-refractivity contribution in [3.8, 4) is 5.75 Å². The summed E-state index contributed by atoms with van der Waals surface area (Å²) in [6.07, 6.45) is 0. The second-order valence-corrected chi connectivity index (χ2v) is 7.86. The van der Waals surface area contributed by atoms with Crippen molar-refractivity contribution in [2.24, 2.45) is 11.3 Å². The number of hydrogen-bond donors (Lipinski definition) is 1. The molecule has 0 fully saturated rings. The predicted molar refractivity (Wildman–Crippen MR) is 87.5 cm³/mol. The first kappa shape index (κ1) is 17.6. The van der Waals surface area contributed by atoms with Gasteiger partial charge in [0, 0.05) is 10.6 Å². The maximum Gasteiger partial charge on any atom is 0.155 e. The molecule has 0 heterocycles. The van der Waals surface area contributed by atoms with Gasteiger partial charge in [-0.2, -0.15) is 0 Å². The number of benzene rings is 1. The van der Waals surface area contributed by atoms with Gasteiger partial charge in [0.25, 0.3) is 0 Å².